The first-order valence-electron chi connectivity index (χ1n) is 7.00. The van der Waals surface area contributed by atoms with E-state index in [4.69, 9.17) is 16.7 Å². The van der Waals surface area contributed by atoms with Gasteiger partial charge in [0.1, 0.15) is 0 Å². The van der Waals surface area contributed by atoms with Gasteiger partial charge < -0.3 is 5.32 Å². The Kier molecular flexibility index (Phi) is 3.71. The summed E-state index contributed by atoms with van der Waals surface area (Å²) in [6, 6.07) is 4.40. The largest absolute Gasteiger partial charge is 0.349 e. The van der Waals surface area contributed by atoms with Gasteiger partial charge in [-0.1, -0.05) is 17.7 Å². The highest BCUT2D eigenvalue weighted by atomic mass is 35.5. The second kappa shape index (κ2) is 5.26. The van der Waals surface area contributed by atoms with Crippen LogP contribution in [0.2, 0.25) is 5.02 Å². The normalized spacial score (nSPS) is 18.8. The number of carbonyl (C=O) groups excluding carboxylic acids is 1. The lowest BCUT2D eigenvalue weighted by molar-refractivity contribution is 0.0923. The van der Waals surface area contributed by atoms with Crippen LogP contribution in [0.25, 0.3) is 0 Å². The van der Waals surface area contributed by atoms with Crippen LogP contribution in [0.3, 0.4) is 0 Å². The molecule has 3 N–H and O–H groups in total. The second-order valence-corrected chi connectivity index (χ2v) is 7.77. The summed E-state index contributed by atoms with van der Waals surface area (Å²) in [6.45, 7) is 0. The number of hydrogen-bond acceptors (Lipinski definition) is 3. The minimum Gasteiger partial charge on any atom is -0.349 e. The van der Waals surface area contributed by atoms with Crippen LogP contribution in [0, 0.1) is 11.8 Å². The van der Waals surface area contributed by atoms with Gasteiger partial charge in [0, 0.05) is 6.04 Å². The van der Waals surface area contributed by atoms with Crippen molar-refractivity contribution in [2.24, 2.45) is 17.0 Å². The van der Waals surface area contributed by atoms with Crippen molar-refractivity contribution in [3.05, 3.63) is 28.8 Å². The zero-order chi connectivity index (χ0) is 15.2. The van der Waals surface area contributed by atoms with Gasteiger partial charge in [0.2, 0.25) is 10.0 Å². The molecular weight excluding hydrogens is 312 g/mol. The van der Waals surface area contributed by atoms with Gasteiger partial charge in [-0.15, -0.1) is 0 Å². The maximum Gasteiger partial charge on any atom is 0.254 e. The molecular formula is C14H17ClN2O3S. The van der Waals surface area contributed by atoms with E-state index in [0.717, 1.165) is 25.7 Å². The Labute approximate surface area is 128 Å². The number of hydrogen-bond donors (Lipinski definition) is 2. The quantitative estimate of drug-likeness (QED) is 0.865. The molecule has 2 fully saturated rings. The molecule has 0 bridgehead atoms. The molecule has 0 spiro atoms. The zero-order valence-electron chi connectivity index (χ0n) is 11.4. The van der Waals surface area contributed by atoms with Crippen molar-refractivity contribution >= 4 is 27.5 Å². The third kappa shape index (κ3) is 3.22. The molecule has 0 radical (unpaired) electrons. The summed E-state index contributed by atoms with van der Waals surface area (Å²) in [5.41, 5.74) is -0.0482. The Morgan fingerprint density at radius 2 is 1.81 bits per heavy atom. The molecule has 0 aromatic heterocycles. The van der Waals surface area contributed by atoms with Crippen molar-refractivity contribution < 1.29 is 13.2 Å². The highest BCUT2D eigenvalue weighted by molar-refractivity contribution is 7.89. The van der Waals surface area contributed by atoms with Gasteiger partial charge in [-0.2, -0.15) is 0 Å². The summed E-state index contributed by atoms with van der Waals surface area (Å²) >= 11 is 6.02. The van der Waals surface area contributed by atoms with Crippen LogP contribution in [0.4, 0.5) is 0 Å². The van der Waals surface area contributed by atoms with Gasteiger partial charge in [0.15, 0.2) is 0 Å². The molecule has 7 heteroatoms. The predicted molar refractivity (Wildman–Crippen MR) is 79.5 cm³/mol. The Morgan fingerprint density at radius 1 is 1.24 bits per heavy atom. The Hall–Kier alpha value is -1.11. The van der Waals surface area contributed by atoms with E-state index in [9.17, 15) is 13.2 Å². The van der Waals surface area contributed by atoms with E-state index in [2.05, 4.69) is 5.32 Å². The highest BCUT2D eigenvalue weighted by Gasteiger charge is 2.42. The predicted octanol–water partition coefficient (Wildman–Crippen LogP) is 1.91. The SMILES string of the molecule is NS(=O)(=O)c1cccc(Cl)c1C(=O)NC(C1CC1)C1CC1. The minimum absolute atomic E-state index is 0.0482. The lowest BCUT2D eigenvalue weighted by atomic mass is 10.1. The topological polar surface area (TPSA) is 89.3 Å². The number of amides is 1. The first-order valence-corrected chi connectivity index (χ1v) is 8.92. The molecule has 0 saturated heterocycles. The fourth-order valence-electron chi connectivity index (χ4n) is 2.72. The summed E-state index contributed by atoms with van der Waals surface area (Å²) in [6.07, 6.45) is 4.47. The molecule has 5 nitrogen and oxygen atoms in total. The highest BCUT2D eigenvalue weighted by Crippen LogP contribution is 2.44. The summed E-state index contributed by atoms with van der Waals surface area (Å²) in [5, 5.41) is 8.24. The standard InChI is InChI=1S/C14H17ClN2O3S/c15-10-2-1-3-11(21(16,19)20)12(10)14(18)17-13(8-4-5-8)9-6-7-9/h1-3,8-9,13H,4-7H2,(H,17,18)(H2,16,19,20). The van der Waals surface area contributed by atoms with Crippen molar-refractivity contribution in [1.29, 1.82) is 0 Å². The van der Waals surface area contributed by atoms with Gasteiger partial charge in [-0.05, 0) is 49.7 Å². The van der Waals surface area contributed by atoms with Crippen LogP contribution in [0.5, 0.6) is 0 Å². The van der Waals surface area contributed by atoms with Crippen LogP contribution >= 0.6 is 11.6 Å². The maximum atomic E-state index is 12.5. The second-order valence-electron chi connectivity index (χ2n) is 5.83. The summed E-state index contributed by atoms with van der Waals surface area (Å²) in [7, 11) is -3.99. The number of rotatable bonds is 5. The lowest BCUT2D eigenvalue weighted by Gasteiger charge is -2.19. The van der Waals surface area contributed by atoms with Crippen LogP contribution < -0.4 is 10.5 Å². The molecule has 2 aliphatic carbocycles. The fourth-order valence-corrected chi connectivity index (χ4v) is 3.79. The Morgan fingerprint density at radius 3 is 2.29 bits per heavy atom. The van der Waals surface area contributed by atoms with Gasteiger partial charge >= 0.3 is 0 Å². The molecule has 2 aliphatic rings. The number of benzene rings is 1. The van der Waals surface area contributed by atoms with Gasteiger partial charge in [-0.25, -0.2) is 13.6 Å². The molecule has 114 valence electrons. The van der Waals surface area contributed by atoms with Crippen LogP contribution in [0.1, 0.15) is 36.0 Å². The molecule has 1 aromatic rings. The molecule has 3 rings (SSSR count). The number of nitrogens with two attached hydrogens (primary N) is 1. The van der Waals surface area contributed by atoms with Crippen LogP contribution in [0.15, 0.2) is 23.1 Å². The average molecular weight is 329 g/mol. The van der Waals surface area contributed by atoms with E-state index in [1.54, 1.807) is 0 Å². The molecule has 0 atom stereocenters. The van der Waals surface area contributed by atoms with Crippen LogP contribution in [-0.4, -0.2) is 20.4 Å². The molecule has 0 heterocycles. The molecule has 21 heavy (non-hydrogen) atoms. The molecule has 0 unspecified atom stereocenters. The van der Waals surface area contributed by atoms with E-state index in [1.165, 1.54) is 18.2 Å². The maximum absolute atomic E-state index is 12.5. The number of carbonyl (C=O) groups is 1. The van der Waals surface area contributed by atoms with Crippen LogP contribution in [-0.2, 0) is 10.0 Å². The third-order valence-electron chi connectivity index (χ3n) is 4.07. The van der Waals surface area contributed by atoms with E-state index in [1.807, 2.05) is 0 Å². The Balaban J connectivity index is 1.90. The van der Waals surface area contributed by atoms with Crippen molar-refractivity contribution in [2.75, 3.05) is 0 Å². The number of nitrogens with one attached hydrogen (secondary N) is 1. The number of halogens is 1. The minimum atomic E-state index is -3.99. The van der Waals surface area contributed by atoms with Gasteiger partial charge in [0.25, 0.3) is 5.91 Å². The summed E-state index contributed by atoms with van der Waals surface area (Å²) in [4.78, 5) is 12.3. The smallest absolute Gasteiger partial charge is 0.254 e. The monoisotopic (exact) mass is 328 g/mol. The molecule has 2 saturated carbocycles. The summed E-state index contributed by atoms with van der Waals surface area (Å²) < 4.78 is 23.3. The number of primary sulfonamides is 1. The van der Waals surface area contributed by atoms with E-state index < -0.39 is 15.9 Å². The zero-order valence-corrected chi connectivity index (χ0v) is 13.0. The van der Waals surface area contributed by atoms with E-state index >= 15 is 0 Å². The van der Waals surface area contributed by atoms with E-state index in [0.29, 0.717) is 11.8 Å². The van der Waals surface area contributed by atoms with Gasteiger partial charge in [-0.3, -0.25) is 4.79 Å². The lowest BCUT2D eigenvalue weighted by Crippen LogP contribution is -2.39. The average Bonchev–Trinajstić information content (AvgIpc) is 3.27. The first kappa shape index (κ1) is 14.8. The van der Waals surface area contributed by atoms with E-state index in [-0.39, 0.29) is 21.5 Å². The molecule has 1 aromatic carbocycles. The third-order valence-corrected chi connectivity index (χ3v) is 5.33. The molecule has 1 amide bonds. The molecule has 0 aliphatic heterocycles. The first-order chi connectivity index (χ1) is 9.88. The fraction of sp³-hybridized carbons (Fsp3) is 0.500. The summed E-state index contributed by atoms with van der Waals surface area (Å²) in [5.74, 6) is 0.581. The Bertz CT molecular complexity index is 669. The van der Waals surface area contributed by atoms with Gasteiger partial charge in [0.05, 0.1) is 15.5 Å². The van der Waals surface area contributed by atoms with Crippen molar-refractivity contribution in [3.8, 4) is 0 Å². The number of sulfonamides is 1. The van der Waals surface area contributed by atoms with Crippen molar-refractivity contribution in [2.45, 2.75) is 36.6 Å². The van der Waals surface area contributed by atoms with Crippen molar-refractivity contribution in [3.63, 3.8) is 0 Å². The van der Waals surface area contributed by atoms with Crippen molar-refractivity contribution in [1.82, 2.24) is 5.32 Å².